The number of hydrogen-bond donors (Lipinski definition) is 1. The highest BCUT2D eigenvalue weighted by molar-refractivity contribution is 7.12. The van der Waals surface area contributed by atoms with Crippen LogP contribution in [0.15, 0.2) is 35.7 Å². The molecule has 26 heavy (non-hydrogen) atoms. The highest BCUT2D eigenvalue weighted by atomic mass is 35.5. The fourth-order valence-electron chi connectivity index (χ4n) is 2.86. The lowest BCUT2D eigenvalue weighted by atomic mass is 10.2. The molecule has 0 aliphatic carbocycles. The molecule has 0 spiro atoms. The zero-order valence-corrected chi connectivity index (χ0v) is 15.8. The molecule has 1 aromatic carbocycles. The number of anilines is 1. The monoisotopic (exact) mass is 395 g/mol. The van der Waals surface area contributed by atoms with Crippen LogP contribution < -0.4 is 5.32 Å². The number of benzene rings is 1. The summed E-state index contributed by atoms with van der Waals surface area (Å²) in [6.07, 6.45) is 0. The topological polar surface area (TPSA) is 52.7 Å². The summed E-state index contributed by atoms with van der Waals surface area (Å²) in [5.41, 5.74) is 0.0702. The van der Waals surface area contributed by atoms with Gasteiger partial charge in [-0.2, -0.15) is 0 Å². The van der Waals surface area contributed by atoms with Crippen LogP contribution in [0.1, 0.15) is 16.6 Å². The van der Waals surface area contributed by atoms with Gasteiger partial charge in [-0.15, -0.1) is 11.3 Å². The Hall–Kier alpha value is -1.96. The molecule has 5 nitrogen and oxygen atoms in total. The average molecular weight is 396 g/mol. The van der Waals surface area contributed by atoms with Crippen LogP contribution in [0, 0.1) is 5.82 Å². The van der Waals surface area contributed by atoms with E-state index in [9.17, 15) is 14.0 Å². The van der Waals surface area contributed by atoms with Crippen molar-refractivity contribution in [1.82, 2.24) is 9.80 Å². The second kappa shape index (κ2) is 8.16. The molecule has 1 fully saturated rings. The van der Waals surface area contributed by atoms with Gasteiger partial charge in [-0.1, -0.05) is 17.7 Å². The molecule has 0 saturated carbocycles. The molecule has 0 bridgehead atoms. The highest BCUT2D eigenvalue weighted by Crippen LogP contribution is 2.20. The van der Waals surface area contributed by atoms with Crippen LogP contribution in [-0.2, 0) is 4.79 Å². The molecule has 3 rings (SSSR count). The van der Waals surface area contributed by atoms with Crippen molar-refractivity contribution in [3.63, 3.8) is 0 Å². The van der Waals surface area contributed by atoms with E-state index in [2.05, 4.69) is 5.32 Å². The van der Waals surface area contributed by atoms with E-state index in [1.54, 1.807) is 11.8 Å². The molecule has 1 unspecified atom stereocenters. The van der Waals surface area contributed by atoms with Gasteiger partial charge in [0.1, 0.15) is 5.82 Å². The van der Waals surface area contributed by atoms with Crippen molar-refractivity contribution in [3.05, 3.63) is 51.4 Å². The molecular weight excluding hydrogens is 377 g/mol. The number of rotatable bonds is 4. The van der Waals surface area contributed by atoms with Crippen LogP contribution in [0.2, 0.25) is 5.02 Å². The first kappa shape index (κ1) is 18.8. The number of halogens is 2. The molecule has 8 heteroatoms. The molecule has 1 aromatic heterocycles. The van der Waals surface area contributed by atoms with Crippen LogP contribution >= 0.6 is 22.9 Å². The first-order valence-corrected chi connectivity index (χ1v) is 9.54. The maximum absolute atomic E-state index is 13.8. The van der Waals surface area contributed by atoms with Crippen LogP contribution in [0.3, 0.4) is 0 Å². The van der Waals surface area contributed by atoms with E-state index in [1.165, 1.54) is 29.5 Å². The first-order chi connectivity index (χ1) is 12.5. The predicted molar refractivity (Wildman–Crippen MR) is 101 cm³/mol. The zero-order chi connectivity index (χ0) is 18.7. The van der Waals surface area contributed by atoms with Gasteiger partial charge in [0.05, 0.1) is 16.6 Å². The number of piperazine rings is 1. The quantitative estimate of drug-likeness (QED) is 0.864. The fourth-order valence-corrected chi connectivity index (χ4v) is 3.73. The fraction of sp³-hybridized carbons (Fsp3) is 0.333. The van der Waals surface area contributed by atoms with E-state index in [0.29, 0.717) is 31.2 Å². The van der Waals surface area contributed by atoms with E-state index in [0.717, 1.165) is 4.88 Å². The Kier molecular flexibility index (Phi) is 5.90. The molecule has 1 aliphatic rings. The van der Waals surface area contributed by atoms with Gasteiger partial charge in [-0.05, 0) is 36.6 Å². The van der Waals surface area contributed by atoms with E-state index >= 15 is 0 Å². The van der Waals surface area contributed by atoms with Crippen molar-refractivity contribution in [1.29, 1.82) is 0 Å². The molecular formula is C18H19ClFN3O2S. The SMILES string of the molecule is CC(C(=O)Nc1cc(Cl)ccc1F)N1CCN(C(=O)c2cccs2)CC1. The van der Waals surface area contributed by atoms with Crippen molar-refractivity contribution >= 4 is 40.4 Å². The number of amides is 2. The molecule has 0 radical (unpaired) electrons. The summed E-state index contributed by atoms with van der Waals surface area (Å²) in [6, 6.07) is 7.27. The van der Waals surface area contributed by atoms with Crippen LogP contribution in [0.25, 0.3) is 0 Å². The third-order valence-electron chi connectivity index (χ3n) is 4.45. The Morgan fingerprint density at radius 3 is 2.62 bits per heavy atom. The molecule has 138 valence electrons. The van der Waals surface area contributed by atoms with E-state index < -0.39 is 11.9 Å². The lowest BCUT2D eigenvalue weighted by Gasteiger charge is -2.37. The Morgan fingerprint density at radius 1 is 1.23 bits per heavy atom. The van der Waals surface area contributed by atoms with Crippen LogP contribution in [0.4, 0.5) is 10.1 Å². The maximum atomic E-state index is 13.8. The van der Waals surface area contributed by atoms with E-state index in [1.807, 2.05) is 22.4 Å². The Bertz CT molecular complexity index is 792. The van der Waals surface area contributed by atoms with Crippen molar-refractivity contribution < 1.29 is 14.0 Å². The largest absolute Gasteiger partial charge is 0.335 e. The number of nitrogens with zero attached hydrogens (tertiary/aromatic N) is 2. The van der Waals surface area contributed by atoms with Gasteiger partial charge in [0.2, 0.25) is 5.91 Å². The van der Waals surface area contributed by atoms with Gasteiger partial charge in [0.15, 0.2) is 0 Å². The Balaban J connectivity index is 1.56. The average Bonchev–Trinajstić information content (AvgIpc) is 3.18. The lowest BCUT2D eigenvalue weighted by molar-refractivity contribution is -0.121. The van der Waals surface area contributed by atoms with Crippen molar-refractivity contribution in [2.75, 3.05) is 31.5 Å². The highest BCUT2D eigenvalue weighted by Gasteiger charge is 2.28. The minimum absolute atomic E-state index is 0.0257. The van der Waals surface area contributed by atoms with Crippen LogP contribution in [-0.4, -0.2) is 53.8 Å². The summed E-state index contributed by atoms with van der Waals surface area (Å²) >= 11 is 7.28. The molecule has 2 heterocycles. The molecule has 2 aromatic rings. The molecule has 1 atom stereocenters. The standard InChI is InChI=1S/C18H19ClFN3O2S/c1-12(17(24)21-15-11-13(19)4-5-14(15)20)22-6-8-23(9-7-22)18(25)16-3-2-10-26-16/h2-5,10-12H,6-9H2,1H3,(H,21,24). The summed E-state index contributed by atoms with van der Waals surface area (Å²) in [5.74, 6) is -0.803. The summed E-state index contributed by atoms with van der Waals surface area (Å²) in [6.45, 7) is 4.06. The van der Waals surface area contributed by atoms with Gasteiger partial charge in [0, 0.05) is 31.2 Å². The number of carbonyl (C=O) groups excluding carboxylic acids is 2. The summed E-state index contributed by atoms with van der Waals surface area (Å²) in [5, 5.41) is 4.82. The van der Waals surface area contributed by atoms with Gasteiger partial charge < -0.3 is 10.2 Å². The Morgan fingerprint density at radius 2 is 1.96 bits per heavy atom. The predicted octanol–water partition coefficient (Wildman–Crippen LogP) is 3.33. The normalized spacial score (nSPS) is 16.3. The molecule has 2 amide bonds. The van der Waals surface area contributed by atoms with Gasteiger partial charge >= 0.3 is 0 Å². The second-order valence-corrected chi connectivity index (χ2v) is 7.48. The molecule has 1 aliphatic heterocycles. The minimum Gasteiger partial charge on any atom is -0.335 e. The number of carbonyl (C=O) groups is 2. The van der Waals surface area contributed by atoms with Gasteiger partial charge in [-0.3, -0.25) is 14.5 Å². The summed E-state index contributed by atoms with van der Waals surface area (Å²) in [7, 11) is 0. The minimum atomic E-state index is -0.527. The zero-order valence-electron chi connectivity index (χ0n) is 14.2. The molecule has 1 saturated heterocycles. The van der Waals surface area contributed by atoms with Crippen molar-refractivity contribution in [2.45, 2.75) is 13.0 Å². The van der Waals surface area contributed by atoms with Crippen molar-refractivity contribution in [2.24, 2.45) is 0 Å². The smallest absolute Gasteiger partial charge is 0.264 e. The summed E-state index contributed by atoms with van der Waals surface area (Å²) in [4.78, 5) is 29.3. The number of nitrogens with one attached hydrogen (secondary N) is 1. The lowest BCUT2D eigenvalue weighted by Crippen LogP contribution is -2.54. The number of thiophene rings is 1. The second-order valence-electron chi connectivity index (χ2n) is 6.09. The Labute approximate surface area is 160 Å². The molecule has 1 N–H and O–H groups in total. The summed E-state index contributed by atoms with van der Waals surface area (Å²) < 4.78 is 13.8. The van der Waals surface area contributed by atoms with E-state index in [-0.39, 0.29) is 17.5 Å². The maximum Gasteiger partial charge on any atom is 0.264 e. The van der Waals surface area contributed by atoms with Gasteiger partial charge in [-0.25, -0.2) is 4.39 Å². The van der Waals surface area contributed by atoms with Crippen molar-refractivity contribution in [3.8, 4) is 0 Å². The first-order valence-electron chi connectivity index (χ1n) is 8.28. The number of hydrogen-bond acceptors (Lipinski definition) is 4. The third kappa shape index (κ3) is 4.23. The van der Waals surface area contributed by atoms with E-state index in [4.69, 9.17) is 11.6 Å². The van der Waals surface area contributed by atoms with Gasteiger partial charge in [0.25, 0.3) is 5.91 Å². The third-order valence-corrected chi connectivity index (χ3v) is 5.54. The van der Waals surface area contributed by atoms with Crippen LogP contribution in [0.5, 0.6) is 0 Å².